The number of likely N-dealkylation sites (tertiary alicyclic amines) is 1. The van der Waals surface area contributed by atoms with Gasteiger partial charge >= 0.3 is 0 Å². The molecule has 2 amide bonds. The quantitative estimate of drug-likeness (QED) is 0.427. The predicted molar refractivity (Wildman–Crippen MR) is 173 cm³/mol. The van der Waals surface area contributed by atoms with E-state index in [2.05, 4.69) is 35.5 Å². The molecule has 1 atom stereocenters. The van der Waals surface area contributed by atoms with Gasteiger partial charge in [0, 0.05) is 35.3 Å². The molecule has 2 fully saturated rings. The highest BCUT2D eigenvalue weighted by Crippen LogP contribution is 2.50. The van der Waals surface area contributed by atoms with Crippen LogP contribution >= 0.6 is 0 Å². The largest absolute Gasteiger partial charge is 0.475 e. The SMILES string of the molecule is Cc1cccc(C)c1-c1cc2nc(n1)NS(=O)(=O)c1cccc(c1)C(=O)N(C1CC3(CCN3C(=O)CO)C1)[C@H](CC(C)(C)C)CO2. The van der Waals surface area contributed by atoms with Gasteiger partial charge in [-0.2, -0.15) is 4.98 Å². The molecule has 3 aliphatic rings. The fourth-order valence-corrected chi connectivity index (χ4v) is 8.21. The van der Waals surface area contributed by atoms with E-state index in [4.69, 9.17) is 4.74 Å². The van der Waals surface area contributed by atoms with E-state index in [0.717, 1.165) is 23.1 Å². The molecule has 244 valence electrons. The molecular weight excluding hydrogens is 606 g/mol. The van der Waals surface area contributed by atoms with Gasteiger partial charge in [-0.15, -0.1) is 0 Å². The van der Waals surface area contributed by atoms with Crippen molar-refractivity contribution >= 4 is 27.8 Å². The van der Waals surface area contributed by atoms with E-state index >= 15 is 0 Å². The highest BCUT2D eigenvalue weighted by molar-refractivity contribution is 7.92. The minimum absolute atomic E-state index is 0.0859. The number of ether oxygens (including phenoxy) is 1. The average molecular weight is 648 g/mol. The minimum Gasteiger partial charge on any atom is -0.475 e. The fraction of sp³-hybridized carbons (Fsp3) is 0.471. The molecule has 1 aromatic heterocycles. The number of fused-ring (bicyclic) bond motifs is 4. The van der Waals surface area contributed by atoms with Crippen molar-refractivity contribution in [3.8, 4) is 17.1 Å². The zero-order valence-electron chi connectivity index (χ0n) is 26.9. The number of nitrogens with zero attached hydrogens (tertiary/aromatic N) is 4. The number of nitrogens with one attached hydrogen (secondary N) is 1. The van der Waals surface area contributed by atoms with Crippen molar-refractivity contribution in [3.05, 3.63) is 65.2 Å². The number of hydrogen-bond donors (Lipinski definition) is 2. The maximum absolute atomic E-state index is 14.5. The van der Waals surface area contributed by atoms with Gasteiger partial charge in [0.25, 0.3) is 15.9 Å². The smallest absolute Gasteiger partial charge is 0.264 e. The Bertz CT molecular complexity index is 1780. The third-order valence-corrected chi connectivity index (χ3v) is 10.7. The summed E-state index contributed by atoms with van der Waals surface area (Å²) in [6.45, 7) is 10.4. The van der Waals surface area contributed by atoms with Gasteiger partial charge in [-0.3, -0.25) is 9.59 Å². The molecule has 2 aromatic carbocycles. The van der Waals surface area contributed by atoms with Gasteiger partial charge in [0.15, 0.2) is 0 Å². The molecule has 1 saturated carbocycles. The van der Waals surface area contributed by atoms with Gasteiger partial charge in [-0.25, -0.2) is 18.1 Å². The zero-order valence-corrected chi connectivity index (χ0v) is 27.7. The summed E-state index contributed by atoms with van der Waals surface area (Å²) < 4.78 is 36.2. The van der Waals surface area contributed by atoms with E-state index in [1.807, 2.05) is 36.9 Å². The first kappa shape index (κ1) is 31.9. The van der Waals surface area contributed by atoms with Gasteiger partial charge in [0.2, 0.25) is 17.7 Å². The number of sulfonamides is 1. The molecule has 46 heavy (non-hydrogen) atoms. The third kappa shape index (κ3) is 5.95. The molecule has 0 radical (unpaired) electrons. The number of aryl methyl sites for hydroxylation is 2. The number of benzene rings is 2. The maximum Gasteiger partial charge on any atom is 0.264 e. The Morgan fingerprint density at radius 3 is 2.41 bits per heavy atom. The van der Waals surface area contributed by atoms with Gasteiger partial charge < -0.3 is 19.6 Å². The summed E-state index contributed by atoms with van der Waals surface area (Å²) in [6, 6.07) is 13.0. The van der Waals surface area contributed by atoms with Crippen LogP contribution in [0, 0.1) is 19.3 Å². The van der Waals surface area contributed by atoms with E-state index in [1.165, 1.54) is 12.1 Å². The summed E-state index contributed by atoms with van der Waals surface area (Å²) in [6.07, 6.45) is 2.54. The number of carbonyl (C=O) groups is 2. The molecule has 12 heteroatoms. The Morgan fingerprint density at radius 2 is 1.78 bits per heavy atom. The van der Waals surface area contributed by atoms with Crippen LogP contribution in [0.25, 0.3) is 11.3 Å². The highest BCUT2D eigenvalue weighted by atomic mass is 32.2. The molecule has 2 aliphatic heterocycles. The van der Waals surface area contributed by atoms with Gasteiger partial charge in [-0.05, 0) is 74.3 Å². The first-order chi connectivity index (χ1) is 21.7. The van der Waals surface area contributed by atoms with Crippen LogP contribution in [0.15, 0.2) is 53.4 Å². The molecule has 6 rings (SSSR count). The van der Waals surface area contributed by atoms with Gasteiger partial charge in [0.05, 0.1) is 16.6 Å². The predicted octanol–water partition coefficient (Wildman–Crippen LogP) is 4.33. The number of aliphatic hydroxyl groups excluding tert-OH is 1. The molecule has 1 saturated heterocycles. The van der Waals surface area contributed by atoms with Crippen LogP contribution in [0.3, 0.4) is 0 Å². The van der Waals surface area contributed by atoms with Crippen LogP contribution in [0.4, 0.5) is 5.95 Å². The minimum atomic E-state index is -4.18. The first-order valence-electron chi connectivity index (χ1n) is 15.7. The molecule has 2 N–H and O–H groups in total. The van der Waals surface area contributed by atoms with Crippen LogP contribution in [0.5, 0.6) is 5.88 Å². The number of rotatable bonds is 4. The van der Waals surface area contributed by atoms with Crippen molar-refractivity contribution in [1.29, 1.82) is 0 Å². The summed E-state index contributed by atoms with van der Waals surface area (Å²) in [4.78, 5) is 39.4. The van der Waals surface area contributed by atoms with Crippen molar-refractivity contribution in [2.45, 2.75) is 82.8 Å². The lowest BCUT2D eigenvalue weighted by atomic mass is 9.63. The van der Waals surface area contributed by atoms with Crippen molar-refractivity contribution < 1.29 is 27.9 Å². The number of anilines is 1. The van der Waals surface area contributed by atoms with E-state index in [-0.39, 0.29) is 57.7 Å². The fourth-order valence-electron chi connectivity index (χ4n) is 7.22. The van der Waals surface area contributed by atoms with E-state index in [0.29, 0.717) is 31.5 Å². The molecule has 0 unspecified atom stereocenters. The van der Waals surface area contributed by atoms with Crippen molar-refractivity contribution in [1.82, 2.24) is 19.8 Å². The van der Waals surface area contributed by atoms with Crippen LogP contribution in [0.2, 0.25) is 0 Å². The lowest BCUT2D eigenvalue weighted by molar-refractivity contribution is -0.167. The second-order valence-electron chi connectivity index (χ2n) is 14.0. The number of hydrogen-bond acceptors (Lipinski definition) is 8. The summed E-state index contributed by atoms with van der Waals surface area (Å²) in [5.74, 6) is -0.552. The number of aliphatic hydroxyl groups is 1. The van der Waals surface area contributed by atoms with Crippen molar-refractivity contribution in [3.63, 3.8) is 0 Å². The third-order valence-electron chi connectivity index (χ3n) is 9.39. The summed E-state index contributed by atoms with van der Waals surface area (Å²) in [7, 11) is -4.18. The molecule has 3 heterocycles. The standard InChI is InChI=1S/C34H41N5O6S/c1-21-8-6-9-22(2)30(21)27-15-28-36-32(35-27)37-46(43,44)26-11-7-10-23(14-26)31(42)39(25(20-45-28)16-33(3,4)5)24-17-34(18-24)12-13-38(34)29(41)19-40/h6-11,14-15,24-25,40H,12-13,16-20H2,1-5H3,(H,35,36,37)/t24?,25-,34?/m1/s1. The molecule has 3 aromatic rings. The van der Waals surface area contributed by atoms with Gasteiger partial charge in [-0.1, -0.05) is 45.0 Å². The number of carbonyl (C=O) groups excluding carboxylic acids is 2. The van der Waals surface area contributed by atoms with Crippen LogP contribution < -0.4 is 9.46 Å². The van der Waals surface area contributed by atoms with Gasteiger partial charge in [0.1, 0.15) is 13.2 Å². The lowest BCUT2D eigenvalue weighted by Crippen LogP contribution is -2.73. The number of aromatic nitrogens is 2. The highest BCUT2D eigenvalue weighted by Gasteiger charge is 2.58. The van der Waals surface area contributed by atoms with E-state index in [1.54, 1.807) is 23.1 Å². The average Bonchev–Trinajstić information content (AvgIpc) is 2.95. The Labute approximate surface area is 270 Å². The summed E-state index contributed by atoms with van der Waals surface area (Å²) >= 11 is 0. The molecule has 11 nitrogen and oxygen atoms in total. The Morgan fingerprint density at radius 1 is 1.09 bits per heavy atom. The van der Waals surface area contributed by atoms with Crippen molar-refractivity contribution in [2.75, 3.05) is 24.5 Å². The maximum atomic E-state index is 14.5. The molecule has 1 aliphatic carbocycles. The Hall–Kier alpha value is -4.03. The second-order valence-corrected chi connectivity index (χ2v) is 15.7. The second kappa shape index (κ2) is 11.6. The first-order valence-corrected chi connectivity index (χ1v) is 17.1. The lowest BCUT2D eigenvalue weighted by Gasteiger charge is -2.63. The van der Waals surface area contributed by atoms with E-state index in [9.17, 15) is 23.1 Å². The van der Waals surface area contributed by atoms with Crippen LogP contribution in [-0.4, -0.2) is 82.5 Å². The number of amides is 2. The molecule has 4 bridgehead atoms. The Balaban J connectivity index is 1.45. The molecular formula is C34H41N5O6S. The zero-order chi connectivity index (χ0) is 33.0. The van der Waals surface area contributed by atoms with Crippen molar-refractivity contribution in [2.24, 2.45) is 5.41 Å². The summed E-state index contributed by atoms with van der Waals surface area (Å²) in [5.41, 5.74) is 2.97. The topological polar surface area (TPSA) is 142 Å². The summed E-state index contributed by atoms with van der Waals surface area (Å²) in [5, 5.41) is 9.51. The van der Waals surface area contributed by atoms with E-state index < -0.39 is 22.7 Å². The molecule has 1 spiro atoms. The normalized spacial score (nSPS) is 24.0. The van der Waals surface area contributed by atoms with Crippen LogP contribution in [0.1, 0.15) is 67.9 Å². The van der Waals surface area contributed by atoms with Crippen LogP contribution in [-0.2, 0) is 14.8 Å². The Kier molecular flexibility index (Phi) is 8.08. The monoisotopic (exact) mass is 647 g/mol.